The molecule has 0 rings (SSSR count). The van der Waals surface area contributed by atoms with Gasteiger partial charge in [-0.1, -0.05) is 0 Å². The van der Waals surface area contributed by atoms with Crippen LogP contribution in [-0.2, 0) is 0 Å². The molecule has 0 radical (unpaired) electrons. The van der Waals surface area contributed by atoms with Gasteiger partial charge in [-0.3, -0.25) is 0 Å². The van der Waals surface area contributed by atoms with Crippen molar-refractivity contribution in [2.75, 3.05) is 4.93 Å². The van der Waals surface area contributed by atoms with Gasteiger partial charge in [0.2, 0.25) is 0 Å². The number of rotatable bonds is 2. The Balaban J connectivity index is 3.86. The summed E-state index contributed by atoms with van der Waals surface area (Å²) in [4.78, 5) is 11.5. The van der Waals surface area contributed by atoms with E-state index < -0.39 is 0 Å². The van der Waals surface area contributed by atoms with Crippen LogP contribution in [0.4, 0.5) is 0 Å². The van der Waals surface area contributed by atoms with Crippen molar-refractivity contribution in [3.05, 3.63) is 11.5 Å². The van der Waals surface area contributed by atoms with E-state index in [2.05, 4.69) is 17.7 Å². The first-order valence-corrected chi connectivity index (χ1v) is 4.63. The van der Waals surface area contributed by atoms with Gasteiger partial charge in [0, 0.05) is 0 Å². The molecule has 0 spiro atoms. The molecule has 0 aromatic heterocycles. The molecule has 7 heavy (non-hydrogen) atoms. The molecule has 0 saturated carbocycles. The van der Waals surface area contributed by atoms with Gasteiger partial charge in [0.05, 0.1) is 0 Å². The Hall–Kier alpha value is -0.220. The molecule has 0 aromatic rings. The standard InChI is InChI=1S/C3H5IN2O/c1-3-6(4-2)5-7/h1H2,2H3. The number of nitrogens with zero attached hydrogens (tertiary/aromatic N) is 2. The van der Waals surface area contributed by atoms with E-state index in [1.807, 2.05) is 4.93 Å². The molecule has 0 unspecified atom stereocenters. The summed E-state index contributed by atoms with van der Waals surface area (Å²) in [6, 6.07) is 0. The van der Waals surface area contributed by atoms with Crippen LogP contribution in [0.2, 0.25) is 0 Å². The quantitative estimate of drug-likeness (QED) is 0.121. The van der Waals surface area contributed by atoms with Gasteiger partial charge < -0.3 is 0 Å². The zero-order valence-corrected chi connectivity index (χ0v) is 6.05. The third kappa shape index (κ3) is 2.47. The second-order valence-corrected chi connectivity index (χ2v) is 2.55. The molecule has 0 saturated heterocycles. The molecule has 0 bridgehead atoms. The minimum atomic E-state index is -0.278. The predicted molar refractivity (Wildman–Crippen MR) is 22.6 cm³/mol. The molecule has 0 heterocycles. The molecular weight excluding hydrogens is 207 g/mol. The molecule has 0 atom stereocenters. The van der Waals surface area contributed by atoms with Crippen molar-refractivity contribution in [2.45, 2.75) is 0 Å². The fraction of sp³-hybridized carbons (Fsp3) is 0.333. The van der Waals surface area contributed by atoms with Crippen LogP contribution in [-0.4, -0.2) is 13.7 Å². The minimum absolute atomic E-state index is 0.278. The molecule has 3 nitrogen and oxygen atoms in total. The van der Waals surface area contributed by atoms with E-state index in [0.29, 0.717) is 0 Å². The van der Waals surface area contributed by atoms with Gasteiger partial charge in [0.1, 0.15) is 0 Å². The Bertz CT molecular complexity index is 116. The Kier molecular flexibility index (Phi) is 3.83. The number of hydrogen-bond acceptors (Lipinski definition) is 2. The molecular formula is C3H5IN2O. The Labute approximate surface area is 52.3 Å². The first kappa shape index (κ1) is 6.78. The van der Waals surface area contributed by atoms with Crippen LogP contribution in [0.1, 0.15) is 0 Å². The van der Waals surface area contributed by atoms with Crippen molar-refractivity contribution in [1.82, 2.24) is 0 Å². The summed E-state index contributed by atoms with van der Waals surface area (Å²) in [6.07, 6.45) is 0. The Morgan fingerprint density at radius 1 is 2.00 bits per heavy atom. The topological polar surface area (TPSA) is 32.4 Å². The first-order valence-electron chi connectivity index (χ1n) is 1.51. The van der Waals surface area contributed by atoms with E-state index in [0.717, 1.165) is 0 Å². The summed E-state index contributed by atoms with van der Waals surface area (Å²) in [6.45, 7) is 3.24. The number of hydrogen-bond donors (Lipinski definition) is 0. The first-order chi connectivity index (χ1) is 3.35. The maximum absolute atomic E-state index is 9.57. The normalized spacial score (nSPS) is 7.57. The summed E-state index contributed by atoms with van der Waals surface area (Å²) in [7, 11) is 0. The summed E-state index contributed by atoms with van der Waals surface area (Å²) in [5.74, 6) is 2.35. The zero-order chi connectivity index (χ0) is 5.70. The summed E-state index contributed by atoms with van der Waals surface area (Å²) in [5.41, 5.74) is 0. The molecule has 0 amide bonds. The molecule has 0 aliphatic rings. The third-order valence-corrected chi connectivity index (χ3v) is 1.79. The fourth-order valence-corrected chi connectivity index (χ4v) is 0.637. The molecule has 0 N–H and O–H groups in total. The van der Waals surface area contributed by atoms with Gasteiger partial charge in [-0.05, 0) is 0 Å². The second-order valence-electron chi connectivity index (χ2n) is 0.669. The monoisotopic (exact) mass is 212 g/mol. The molecule has 40 valence electrons. The number of alkyl halides is 1. The maximum atomic E-state index is 9.57. The second kappa shape index (κ2) is 3.95. The van der Waals surface area contributed by atoms with Gasteiger partial charge in [-0.15, -0.1) is 0 Å². The van der Waals surface area contributed by atoms with Crippen LogP contribution in [0.15, 0.2) is 11.9 Å². The fourth-order valence-electron chi connectivity index (χ4n) is 0.119. The van der Waals surface area contributed by atoms with E-state index >= 15 is 0 Å². The van der Waals surface area contributed by atoms with Crippen LogP contribution >= 0.6 is 0 Å². The predicted octanol–water partition coefficient (Wildman–Crippen LogP) is -2.83. The van der Waals surface area contributed by atoms with Crippen LogP contribution in [0, 0.1) is 4.91 Å². The van der Waals surface area contributed by atoms with Crippen molar-refractivity contribution in [1.29, 1.82) is 0 Å². The van der Waals surface area contributed by atoms with Gasteiger partial charge in [-0.2, -0.15) is 0 Å². The van der Waals surface area contributed by atoms with Crippen LogP contribution in [0.3, 0.4) is 0 Å². The van der Waals surface area contributed by atoms with Crippen molar-refractivity contribution >= 4 is 5.87 Å². The molecule has 4 heteroatoms. The van der Waals surface area contributed by atoms with E-state index in [-0.39, 0.29) is 21.5 Å². The molecule has 0 aromatic carbocycles. The summed E-state index contributed by atoms with van der Waals surface area (Å²) < 4.78 is 1.19. The van der Waals surface area contributed by atoms with Gasteiger partial charge in [0.25, 0.3) is 0 Å². The van der Waals surface area contributed by atoms with Crippen LogP contribution in [0.25, 0.3) is 0 Å². The van der Waals surface area contributed by atoms with Crippen LogP contribution in [0.5, 0.6) is 0 Å². The van der Waals surface area contributed by atoms with Gasteiger partial charge in [-0.25, -0.2) is 0 Å². The van der Waals surface area contributed by atoms with Crippen molar-refractivity contribution < 1.29 is 24.4 Å². The average Bonchev–Trinajstić information content (AvgIpc) is 1.72. The Morgan fingerprint density at radius 2 is 2.57 bits per heavy atom. The third-order valence-electron chi connectivity index (χ3n) is 0.362. The van der Waals surface area contributed by atoms with E-state index in [9.17, 15) is 4.91 Å². The van der Waals surface area contributed by atoms with Crippen molar-refractivity contribution in [3.8, 4) is 0 Å². The van der Waals surface area contributed by atoms with Crippen LogP contribution < -0.4 is 21.5 Å². The van der Waals surface area contributed by atoms with Gasteiger partial charge >= 0.3 is 51.9 Å². The van der Waals surface area contributed by atoms with Crippen molar-refractivity contribution in [2.24, 2.45) is 5.29 Å². The molecule has 0 aliphatic heterocycles. The summed E-state index contributed by atoms with van der Waals surface area (Å²) in [5, 5.41) is 2.58. The van der Waals surface area contributed by atoms with Gasteiger partial charge in [0.15, 0.2) is 0 Å². The van der Waals surface area contributed by atoms with E-state index in [1.54, 1.807) is 0 Å². The Morgan fingerprint density at radius 3 is 2.57 bits per heavy atom. The molecule has 0 fully saturated rings. The average molecular weight is 212 g/mol. The van der Waals surface area contributed by atoms with E-state index in [4.69, 9.17) is 0 Å². The zero-order valence-electron chi connectivity index (χ0n) is 3.89. The SMILES string of the molecule is C=C=[N+](N=O)[I-]C. The summed E-state index contributed by atoms with van der Waals surface area (Å²) >= 11 is -0.278. The van der Waals surface area contributed by atoms with Crippen molar-refractivity contribution in [3.63, 3.8) is 0 Å². The van der Waals surface area contributed by atoms with E-state index in [1.165, 1.54) is 2.90 Å². The number of nitroso groups, excluding NO2 is 1. The molecule has 0 aliphatic carbocycles. The number of halogens is 1.